The van der Waals surface area contributed by atoms with E-state index in [1.165, 1.54) is 34.9 Å². The summed E-state index contributed by atoms with van der Waals surface area (Å²) in [5, 5.41) is 22.2. The van der Waals surface area contributed by atoms with Gasteiger partial charge in [-0.25, -0.2) is 4.79 Å². The molecule has 0 saturated heterocycles. The molecule has 2 aromatic heterocycles. The molecular weight excluding hydrogens is 328 g/mol. The Bertz CT molecular complexity index is 794. The minimum atomic E-state index is -1.06. The summed E-state index contributed by atoms with van der Waals surface area (Å²) in [6, 6.07) is -0.893. The van der Waals surface area contributed by atoms with Crippen molar-refractivity contribution < 1.29 is 19.5 Å². The lowest BCUT2D eigenvalue weighted by atomic mass is 10.3. The fourth-order valence-corrected chi connectivity index (χ4v) is 2.10. The Hall–Kier alpha value is -3.17. The predicted molar refractivity (Wildman–Crippen MR) is 88.4 cm³/mol. The number of aromatic nitrogens is 4. The highest BCUT2D eigenvalue weighted by Gasteiger charge is 2.21. The summed E-state index contributed by atoms with van der Waals surface area (Å²) in [6.07, 6.45) is 4.76. The van der Waals surface area contributed by atoms with E-state index in [9.17, 15) is 14.4 Å². The Morgan fingerprint density at radius 2 is 1.96 bits per heavy atom. The first kappa shape index (κ1) is 18.2. The average molecular weight is 348 g/mol. The van der Waals surface area contributed by atoms with Crippen LogP contribution in [-0.2, 0) is 11.8 Å². The average Bonchev–Trinajstić information content (AvgIpc) is 3.19. The van der Waals surface area contributed by atoms with Gasteiger partial charge in [0.1, 0.15) is 11.7 Å². The number of carbonyl (C=O) groups excluding carboxylic acids is 2. The van der Waals surface area contributed by atoms with Crippen molar-refractivity contribution in [2.24, 2.45) is 7.05 Å². The maximum Gasteiger partial charge on any atom is 0.328 e. The highest BCUT2D eigenvalue weighted by molar-refractivity contribution is 6.08. The minimum absolute atomic E-state index is 0.178. The smallest absolute Gasteiger partial charge is 0.328 e. The van der Waals surface area contributed by atoms with Gasteiger partial charge in [0.2, 0.25) is 0 Å². The van der Waals surface area contributed by atoms with Crippen LogP contribution in [0.3, 0.4) is 0 Å². The van der Waals surface area contributed by atoms with Crippen LogP contribution in [0.25, 0.3) is 0 Å². The van der Waals surface area contributed by atoms with Gasteiger partial charge in [0.15, 0.2) is 0 Å². The highest BCUT2D eigenvalue weighted by atomic mass is 16.4. The van der Waals surface area contributed by atoms with Gasteiger partial charge in [0.05, 0.1) is 23.6 Å². The van der Waals surface area contributed by atoms with E-state index in [0.29, 0.717) is 6.54 Å². The lowest BCUT2D eigenvalue weighted by molar-refractivity contribution is -0.140. The molecule has 2 aromatic rings. The predicted octanol–water partition coefficient (Wildman–Crippen LogP) is 0.654. The molecule has 0 fully saturated rings. The third kappa shape index (κ3) is 4.03. The van der Waals surface area contributed by atoms with Gasteiger partial charge in [-0.15, -0.1) is 0 Å². The van der Waals surface area contributed by atoms with Gasteiger partial charge in [-0.2, -0.15) is 10.2 Å². The van der Waals surface area contributed by atoms with Crippen molar-refractivity contribution in [1.29, 1.82) is 0 Å². The van der Waals surface area contributed by atoms with E-state index < -0.39 is 17.9 Å². The number of anilines is 1. The summed E-state index contributed by atoms with van der Waals surface area (Å²) in [6.45, 7) is 3.90. The number of hydrogen-bond donors (Lipinski definition) is 3. The molecule has 2 heterocycles. The SMILES string of the molecule is CCCNC(=O)c1c(NC(=O)c2cnn(C(C)C(=O)O)c2)cnn1C. The van der Waals surface area contributed by atoms with E-state index in [-0.39, 0.29) is 22.9 Å². The molecule has 0 bridgehead atoms. The summed E-state index contributed by atoms with van der Waals surface area (Å²) in [7, 11) is 1.60. The summed E-state index contributed by atoms with van der Waals surface area (Å²) in [5.41, 5.74) is 0.671. The van der Waals surface area contributed by atoms with Crippen molar-refractivity contribution in [1.82, 2.24) is 24.9 Å². The molecule has 1 atom stereocenters. The molecular formula is C15H20N6O4. The van der Waals surface area contributed by atoms with Gasteiger partial charge in [-0.05, 0) is 13.3 Å². The van der Waals surface area contributed by atoms with Gasteiger partial charge in [0, 0.05) is 19.8 Å². The number of nitrogens with zero attached hydrogens (tertiary/aromatic N) is 4. The van der Waals surface area contributed by atoms with Crippen molar-refractivity contribution in [2.75, 3.05) is 11.9 Å². The lowest BCUT2D eigenvalue weighted by Crippen LogP contribution is -2.27. The first-order valence-corrected chi connectivity index (χ1v) is 7.73. The van der Waals surface area contributed by atoms with Crippen molar-refractivity contribution in [3.63, 3.8) is 0 Å². The zero-order valence-corrected chi connectivity index (χ0v) is 14.2. The molecule has 1 unspecified atom stereocenters. The molecule has 2 amide bonds. The van der Waals surface area contributed by atoms with Crippen LogP contribution >= 0.6 is 0 Å². The molecule has 0 aliphatic heterocycles. The number of nitrogens with one attached hydrogen (secondary N) is 2. The van der Waals surface area contributed by atoms with Crippen molar-refractivity contribution >= 4 is 23.5 Å². The standard InChI is InChI=1S/C15H20N6O4/c1-4-5-16-14(23)12-11(7-17-20(12)3)19-13(22)10-6-18-21(8-10)9(2)15(24)25/h6-9H,4-5H2,1-3H3,(H,16,23)(H,19,22)(H,24,25). The Balaban J connectivity index is 2.16. The number of carboxylic acid groups (broad SMARTS) is 1. The van der Waals surface area contributed by atoms with E-state index in [1.807, 2.05) is 6.92 Å². The monoisotopic (exact) mass is 348 g/mol. The summed E-state index contributed by atoms with van der Waals surface area (Å²) < 4.78 is 2.55. The summed E-state index contributed by atoms with van der Waals surface area (Å²) in [4.78, 5) is 35.5. The molecule has 10 nitrogen and oxygen atoms in total. The van der Waals surface area contributed by atoms with Gasteiger partial charge in [0.25, 0.3) is 11.8 Å². The van der Waals surface area contributed by atoms with Crippen LogP contribution in [0.1, 0.15) is 47.2 Å². The van der Waals surface area contributed by atoms with Gasteiger partial charge >= 0.3 is 5.97 Å². The molecule has 3 N–H and O–H groups in total. The fraction of sp³-hybridized carbons (Fsp3) is 0.400. The number of carbonyl (C=O) groups is 3. The third-order valence-electron chi connectivity index (χ3n) is 3.56. The van der Waals surface area contributed by atoms with Gasteiger partial charge < -0.3 is 15.7 Å². The highest BCUT2D eigenvalue weighted by Crippen LogP contribution is 2.16. The Morgan fingerprint density at radius 1 is 1.24 bits per heavy atom. The number of rotatable bonds is 7. The number of aliphatic carboxylic acids is 1. The molecule has 0 spiro atoms. The molecule has 25 heavy (non-hydrogen) atoms. The number of carboxylic acids is 1. The second-order valence-corrected chi connectivity index (χ2v) is 5.46. The Kier molecular flexibility index (Phi) is 5.52. The zero-order valence-electron chi connectivity index (χ0n) is 14.2. The molecule has 0 saturated carbocycles. The van der Waals surface area contributed by atoms with E-state index in [2.05, 4.69) is 20.8 Å². The van der Waals surface area contributed by atoms with Crippen LogP contribution in [0.5, 0.6) is 0 Å². The summed E-state index contributed by atoms with van der Waals surface area (Å²) >= 11 is 0. The molecule has 0 radical (unpaired) electrons. The molecule has 0 aromatic carbocycles. The van der Waals surface area contributed by atoms with E-state index in [1.54, 1.807) is 7.05 Å². The maximum atomic E-state index is 12.3. The zero-order chi connectivity index (χ0) is 18.6. The second-order valence-electron chi connectivity index (χ2n) is 5.46. The first-order valence-electron chi connectivity index (χ1n) is 7.73. The fourth-order valence-electron chi connectivity index (χ4n) is 2.10. The number of aryl methyl sites for hydroxylation is 1. The van der Waals surface area contributed by atoms with Crippen LogP contribution in [0.4, 0.5) is 5.69 Å². The number of amides is 2. The Labute approximate surface area is 143 Å². The van der Waals surface area contributed by atoms with Crippen LogP contribution in [0, 0.1) is 0 Å². The van der Waals surface area contributed by atoms with Gasteiger partial charge in [-0.3, -0.25) is 19.0 Å². The van der Waals surface area contributed by atoms with E-state index >= 15 is 0 Å². The van der Waals surface area contributed by atoms with E-state index in [0.717, 1.165) is 6.42 Å². The lowest BCUT2D eigenvalue weighted by Gasteiger charge is -2.08. The first-order chi connectivity index (χ1) is 11.8. The third-order valence-corrected chi connectivity index (χ3v) is 3.56. The van der Waals surface area contributed by atoms with Crippen LogP contribution in [-0.4, -0.2) is 49.0 Å². The normalized spacial score (nSPS) is 11.8. The second kappa shape index (κ2) is 7.60. The molecule has 0 aliphatic carbocycles. The molecule has 2 rings (SSSR count). The maximum absolute atomic E-state index is 12.3. The van der Waals surface area contributed by atoms with Crippen LogP contribution in [0.2, 0.25) is 0 Å². The topological polar surface area (TPSA) is 131 Å². The minimum Gasteiger partial charge on any atom is -0.480 e. The van der Waals surface area contributed by atoms with Crippen LogP contribution < -0.4 is 10.6 Å². The quantitative estimate of drug-likeness (QED) is 0.673. The Morgan fingerprint density at radius 3 is 2.60 bits per heavy atom. The largest absolute Gasteiger partial charge is 0.480 e. The molecule has 134 valence electrons. The van der Waals surface area contributed by atoms with Crippen LogP contribution in [0.15, 0.2) is 18.6 Å². The van der Waals surface area contributed by atoms with Crippen molar-refractivity contribution in [2.45, 2.75) is 26.3 Å². The summed E-state index contributed by atoms with van der Waals surface area (Å²) in [5.74, 6) is -1.91. The van der Waals surface area contributed by atoms with Gasteiger partial charge in [-0.1, -0.05) is 6.92 Å². The van der Waals surface area contributed by atoms with E-state index in [4.69, 9.17) is 5.11 Å². The van der Waals surface area contributed by atoms with Crippen molar-refractivity contribution in [3.8, 4) is 0 Å². The van der Waals surface area contributed by atoms with Crippen molar-refractivity contribution in [3.05, 3.63) is 29.8 Å². The molecule has 10 heteroatoms. The molecule has 0 aliphatic rings. The number of hydrogen-bond acceptors (Lipinski definition) is 5.